The summed E-state index contributed by atoms with van der Waals surface area (Å²) >= 11 is 1.85. The summed E-state index contributed by atoms with van der Waals surface area (Å²) in [6.07, 6.45) is 0. The predicted molar refractivity (Wildman–Crippen MR) is 85.1 cm³/mol. The highest BCUT2D eigenvalue weighted by Crippen LogP contribution is 2.28. The van der Waals surface area contributed by atoms with Gasteiger partial charge in [0.2, 0.25) is 0 Å². The van der Waals surface area contributed by atoms with Crippen LogP contribution in [0.5, 0.6) is 0 Å². The van der Waals surface area contributed by atoms with Crippen LogP contribution < -0.4 is 16.4 Å². The summed E-state index contributed by atoms with van der Waals surface area (Å²) in [5.74, 6) is -1.25. The highest BCUT2D eigenvalue weighted by Gasteiger charge is 2.26. The smallest absolute Gasteiger partial charge is 0.259 e. The van der Waals surface area contributed by atoms with Gasteiger partial charge in [0.15, 0.2) is 0 Å². The quantitative estimate of drug-likeness (QED) is 0.413. The van der Waals surface area contributed by atoms with Crippen LogP contribution in [0.1, 0.15) is 20.7 Å². The molecule has 0 aromatic heterocycles. The Kier molecular flexibility index (Phi) is 3.28. The maximum atomic E-state index is 13.6. The second kappa shape index (κ2) is 4.99. The van der Waals surface area contributed by atoms with E-state index in [0.29, 0.717) is 26.2 Å². The largest absolute Gasteiger partial charge is 0.397 e. The maximum Gasteiger partial charge on any atom is 0.259 e. The van der Waals surface area contributed by atoms with Crippen molar-refractivity contribution in [2.45, 2.75) is 0 Å². The lowest BCUT2D eigenvalue weighted by molar-refractivity contribution is 0.0879. The highest BCUT2D eigenvalue weighted by molar-refractivity contribution is 14.1. The maximum absolute atomic E-state index is 13.6. The fourth-order valence-electron chi connectivity index (χ4n) is 2.07. The average molecular weight is 397 g/mol. The Labute approximate surface area is 132 Å². The summed E-state index contributed by atoms with van der Waals surface area (Å²) < 4.78 is 14.0. The zero-order chi connectivity index (χ0) is 15.1. The summed E-state index contributed by atoms with van der Waals surface area (Å²) in [5, 5.41) is 5.16. The van der Waals surface area contributed by atoms with Gasteiger partial charge in [-0.2, -0.15) is 0 Å². The first-order valence-corrected chi connectivity index (χ1v) is 7.05. The zero-order valence-electron chi connectivity index (χ0n) is 10.5. The summed E-state index contributed by atoms with van der Waals surface area (Å²) in [6.45, 7) is 0. The van der Waals surface area contributed by atoms with E-state index in [4.69, 9.17) is 5.73 Å². The molecule has 0 atom stereocenters. The van der Waals surface area contributed by atoms with Crippen LogP contribution in [0, 0.1) is 9.39 Å². The van der Waals surface area contributed by atoms with E-state index >= 15 is 0 Å². The third kappa shape index (κ3) is 2.44. The van der Waals surface area contributed by atoms with E-state index in [1.54, 1.807) is 6.07 Å². The van der Waals surface area contributed by atoms with E-state index in [0.717, 1.165) is 0 Å². The molecule has 0 aliphatic carbocycles. The Hall–Kier alpha value is -2.16. The van der Waals surface area contributed by atoms with Crippen LogP contribution in [0.25, 0.3) is 0 Å². The minimum absolute atomic E-state index is 0.287. The number of nitrogens with one attached hydrogen (secondary N) is 2. The summed E-state index contributed by atoms with van der Waals surface area (Å²) in [6, 6.07) is 7.51. The number of anilines is 3. The van der Waals surface area contributed by atoms with Crippen molar-refractivity contribution in [2.75, 3.05) is 11.1 Å². The Morgan fingerprint density at radius 1 is 1.10 bits per heavy atom. The molecule has 0 fully saturated rings. The van der Waals surface area contributed by atoms with Crippen molar-refractivity contribution in [1.82, 2.24) is 5.32 Å². The molecule has 106 valence electrons. The number of benzene rings is 2. The molecule has 1 aliphatic rings. The monoisotopic (exact) mass is 397 g/mol. The molecule has 1 heterocycles. The molecule has 7 heteroatoms. The molecular weight excluding hydrogens is 388 g/mol. The van der Waals surface area contributed by atoms with Crippen molar-refractivity contribution < 1.29 is 14.0 Å². The van der Waals surface area contributed by atoms with Gasteiger partial charge < -0.3 is 11.1 Å². The SMILES string of the molecule is Nc1cc(I)c(F)cc1Nc1ccc2c(c1)C(=O)NC2=O. The Balaban J connectivity index is 1.97. The van der Waals surface area contributed by atoms with Crippen LogP contribution in [0.15, 0.2) is 30.3 Å². The number of nitrogens with two attached hydrogens (primary N) is 1. The molecule has 0 saturated carbocycles. The van der Waals surface area contributed by atoms with E-state index in [-0.39, 0.29) is 11.4 Å². The third-order valence-corrected chi connectivity index (χ3v) is 3.93. The van der Waals surface area contributed by atoms with E-state index < -0.39 is 11.8 Å². The Bertz CT molecular complexity index is 792. The third-order valence-electron chi connectivity index (χ3n) is 3.11. The van der Waals surface area contributed by atoms with Gasteiger partial charge in [-0.15, -0.1) is 0 Å². The Morgan fingerprint density at radius 2 is 1.81 bits per heavy atom. The number of nitrogen functional groups attached to an aromatic ring is 1. The molecule has 0 saturated heterocycles. The molecule has 3 rings (SSSR count). The zero-order valence-corrected chi connectivity index (χ0v) is 12.7. The number of fused-ring (bicyclic) bond motifs is 1. The summed E-state index contributed by atoms with van der Waals surface area (Å²) in [5.41, 5.74) is 7.78. The number of amides is 2. The van der Waals surface area contributed by atoms with Gasteiger partial charge in [0.05, 0.1) is 26.1 Å². The van der Waals surface area contributed by atoms with Crippen molar-refractivity contribution in [2.24, 2.45) is 0 Å². The molecule has 0 bridgehead atoms. The minimum atomic E-state index is -0.444. The van der Waals surface area contributed by atoms with Crippen LogP contribution in [0.2, 0.25) is 0 Å². The Morgan fingerprint density at radius 3 is 2.57 bits per heavy atom. The number of hydrogen-bond donors (Lipinski definition) is 3. The van der Waals surface area contributed by atoms with Gasteiger partial charge in [0, 0.05) is 11.8 Å². The molecule has 1 aliphatic heterocycles. The van der Waals surface area contributed by atoms with E-state index in [2.05, 4.69) is 10.6 Å². The van der Waals surface area contributed by atoms with Crippen LogP contribution in [0.4, 0.5) is 21.5 Å². The first kappa shape index (κ1) is 13.8. The van der Waals surface area contributed by atoms with Crippen molar-refractivity contribution in [3.63, 3.8) is 0 Å². The molecular formula is C14H9FIN3O2. The van der Waals surface area contributed by atoms with Gasteiger partial charge in [-0.05, 0) is 46.9 Å². The second-order valence-corrected chi connectivity index (χ2v) is 5.68. The second-order valence-electron chi connectivity index (χ2n) is 4.52. The lowest BCUT2D eigenvalue weighted by Gasteiger charge is -2.11. The number of halogens is 2. The van der Waals surface area contributed by atoms with Gasteiger partial charge >= 0.3 is 0 Å². The number of imide groups is 1. The van der Waals surface area contributed by atoms with Crippen LogP contribution in [-0.4, -0.2) is 11.8 Å². The summed E-state index contributed by atoms with van der Waals surface area (Å²) in [7, 11) is 0. The van der Waals surface area contributed by atoms with Crippen LogP contribution >= 0.6 is 22.6 Å². The average Bonchev–Trinajstić information content (AvgIpc) is 2.71. The predicted octanol–water partition coefficient (Wildman–Crippen LogP) is 2.64. The molecule has 0 unspecified atom stereocenters. The van der Waals surface area contributed by atoms with Gasteiger partial charge in [0.1, 0.15) is 5.82 Å². The van der Waals surface area contributed by atoms with Gasteiger partial charge in [-0.1, -0.05) is 0 Å². The molecule has 0 spiro atoms. The lowest BCUT2D eigenvalue weighted by atomic mass is 10.1. The fraction of sp³-hybridized carbons (Fsp3) is 0. The normalized spacial score (nSPS) is 13.0. The first-order chi connectivity index (χ1) is 9.95. The fourth-order valence-corrected chi connectivity index (χ4v) is 2.56. The molecule has 2 amide bonds. The number of hydrogen-bond acceptors (Lipinski definition) is 4. The highest BCUT2D eigenvalue weighted by atomic mass is 127. The van der Waals surface area contributed by atoms with Crippen LogP contribution in [-0.2, 0) is 0 Å². The molecule has 21 heavy (non-hydrogen) atoms. The number of rotatable bonds is 2. The molecule has 0 radical (unpaired) electrons. The number of carbonyl (C=O) groups excluding carboxylic acids is 2. The van der Waals surface area contributed by atoms with Crippen molar-refractivity contribution in [3.8, 4) is 0 Å². The molecule has 5 nitrogen and oxygen atoms in total. The lowest BCUT2D eigenvalue weighted by Crippen LogP contribution is -2.19. The number of carbonyl (C=O) groups is 2. The minimum Gasteiger partial charge on any atom is -0.397 e. The standard InChI is InChI=1S/C14H9FIN3O2/c15-9-4-12(11(17)5-10(9)16)18-6-1-2-7-8(3-6)14(21)19-13(7)20/h1-5,18H,17H2,(H,19,20,21). The van der Waals surface area contributed by atoms with E-state index in [9.17, 15) is 14.0 Å². The van der Waals surface area contributed by atoms with Gasteiger partial charge in [0.25, 0.3) is 11.8 Å². The van der Waals surface area contributed by atoms with E-state index in [1.807, 2.05) is 22.6 Å². The first-order valence-electron chi connectivity index (χ1n) is 5.97. The molecule has 2 aromatic carbocycles. The topological polar surface area (TPSA) is 84.2 Å². The van der Waals surface area contributed by atoms with Gasteiger partial charge in [-0.25, -0.2) is 4.39 Å². The van der Waals surface area contributed by atoms with Gasteiger partial charge in [-0.3, -0.25) is 14.9 Å². The summed E-state index contributed by atoms with van der Waals surface area (Å²) in [4.78, 5) is 23.1. The molecule has 2 aromatic rings. The molecule has 4 N–H and O–H groups in total. The van der Waals surface area contributed by atoms with Crippen LogP contribution in [0.3, 0.4) is 0 Å². The van der Waals surface area contributed by atoms with Crippen molar-refractivity contribution in [1.29, 1.82) is 0 Å². The van der Waals surface area contributed by atoms with Crippen molar-refractivity contribution >= 4 is 51.5 Å². The van der Waals surface area contributed by atoms with E-state index in [1.165, 1.54) is 24.3 Å². The van der Waals surface area contributed by atoms with Crippen molar-refractivity contribution in [3.05, 3.63) is 50.8 Å².